The van der Waals surface area contributed by atoms with Crippen LogP contribution in [0.1, 0.15) is 56.1 Å². The summed E-state index contributed by atoms with van der Waals surface area (Å²) in [7, 11) is 1.69. The number of unbranched alkanes of at least 4 members (excludes halogenated alkanes) is 2. The Bertz CT molecular complexity index is 918. The monoisotopic (exact) mass is 432 g/mol. The van der Waals surface area contributed by atoms with E-state index in [0.717, 1.165) is 44.9 Å². The highest BCUT2D eigenvalue weighted by Crippen LogP contribution is 2.66. The molecule has 170 valence electrons. The van der Waals surface area contributed by atoms with Crippen molar-refractivity contribution in [2.75, 3.05) is 20.5 Å². The summed E-state index contributed by atoms with van der Waals surface area (Å²) in [5.41, 5.74) is 6.66. The number of hydrogen-bond acceptors (Lipinski definition) is 3. The molecule has 4 rings (SSSR count). The number of methoxy groups -OCH3 is 1. The zero-order valence-electron chi connectivity index (χ0n) is 19.3. The lowest BCUT2D eigenvalue weighted by molar-refractivity contribution is -0.0858. The Labute approximate surface area is 192 Å². The van der Waals surface area contributed by atoms with Crippen LogP contribution in [0.4, 0.5) is 0 Å². The Hall–Kier alpha value is -2.20. The molecule has 3 nitrogen and oxygen atoms in total. The first-order valence-corrected chi connectivity index (χ1v) is 12.0. The van der Waals surface area contributed by atoms with Gasteiger partial charge in [-0.2, -0.15) is 0 Å². The maximum atomic E-state index is 9.22. The molecule has 2 aliphatic rings. The van der Waals surface area contributed by atoms with Gasteiger partial charge in [-0.05, 0) is 60.8 Å². The number of aliphatic hydroxyl groups is 1. The Morgan fingerprint density at radius 2 is 1.75 bits per heavy atom. The third-order valence-corrected chi connectivity index (χ3v) is 7.43. The third-order valence-electron chi connectivity index (χ3n) is 7.43. The van der Waals surface area contributed by atoms with Crippen molar-refractivity contribution in [2.45, 2.75) is 51.0 Å². The normalized spacial score (nSPS) is 24.7. The molecule has 2 aromatic rings. The van der Waals surface area contributed by atoms with Crippen molar-refractivity contribution in [2.24, 2.45) is 11.3 Å². The van der Waals surface area contributed by atoms with Crippen LogP contribution in [0.25, 0.3) is 11.1 Å². The Kier molecular flexibility index (Phi) is 7.62. The van der Waals surface area contributed by atoms with Crippen LogP contribution in [0.2, 0.25) is 0 Å². The van der Waals surface area contributed by atoms with Crippen molar-refractivity contribution in [3.8, 4) is 0 Å². The summed E-state index contributed by atoms with van der Waals surface area (Å²) in [4.78, 5) is 0. The van der Waals surface area contributed by atoms with Gasteiger partial charge in [0.25, 0.3) is 0 Å². The molecule has 3 unspecified atom stereocenters. The summed E-state index contributed by atoms with van der Waals surface area (Å²) in [6.07, 6.45) is 7.39. The molecule has 0 amide bonds. The molecule has 2 aliphatic carbocycles. The Morgan fingerprint density at radius 3 is 2.44 bits per heavy atom. The largest absolute Gasteiger partial charge is 0.396 e. The van der Waals surface area contributed by atoms with E-state index in [4.69, 9.17) is 16.1 Å². The molecular weight excluding hydrogens is 396 g/mol. The molecule has 1 fully saturated rings. The second kappa shape index (κ2) is 10.6. The van der Waals surface area contributed by atoms with E-state index in [1.54, 1.807) is 12.7 Å². The minimum absolute atomic E-state index is 0.118. The van der Waals surface area contributed by atoms with Crippen molar-refractivity contribution in [3.05, 3.63) is 83.9 Å². The first-order chi connectivity index (χ1) is 15.7. The van der Waals surface area contributed by atoms with E-state index in [1.807, 2.05) is 0 Å². The molecule has 0 radical (unpaired) electrons. The fourth-order valence-electron chi connectivity index (χ4n) is 6.07. The summed E-state index contributed by atoms with van der Waals surface area (Å²) >= 11 is 0. The summed E-state index contributed by atoms with van der Waals surface area (Å²) < 4.78 is 11.5. The second-order valence-electron chi connectivity index (χ2n) is 9.16. The van der Waals surface area contributed by atoms with Crippen LogP contribution in [0.5, 0.6) is 0 Å². The van der Waals surface area contributed by atoms with Crippen molar-refractivity contribution in [1.29, 1.82) is 0 Å². The van der Waals surface area contributed by atoms with Crippen molar-refractivity contribution < 1.29 is 14.6 Å². The fraction of sp³-hybridized carbons (Fsp3) is 0.448. The van der Waals surface area contributed by atoms with Crippen LogP contribution < -0.4 is 0 Å². The number of rotatable bonds is 11. The van der Waals surface area contributed by atoms with Crippen LogP contribution in [0.15, 0.2) is 72.8 Å². The molecule has 0 saturated heterocycles. The number of aliphatic hydroxyl groups excluding tert-OH is 1. The number of benzene rings is 2. The molecule has 3 atom stereocenters. The van der Waals surface area contributed by atoms with E-state index >= 15 is 0 Å². The van der Waals surface area contributed by atoms with Gasteiger partial charge in [0.15, 0.2) is 0 Å². The highest BCUT2D eigenvalue weighted by Gasteiger charge is 2.57. The minimum Gasteiger partial charge on any atom is -0.396 e. The third kappa shape index (κ3) is 4.34. The molecule has 1 saturated carbocycles. The molecule has 2 aromatic carbocycles. The van der Waals surface area contributed by atoms with Crippen LogP contribution in [0, 0.1) is 11.3 Å². The first-order valence-electron chi connectivity index (χ1n) is 12.0. The average Bonchev–Trinajstić information content (AvgIpc) is 3.35. The molecular formula is C29H36O3. The molecule has 0 spiro atoms. The number of fused-ring (bicyclic) bond motifs is 1. The van der Waals surface area contributed by atoms with Gasteiger partial charge in [-0.3, -0.25) is 0 Å². The van der Waals surface area contributed by atoms with E-state index < -0.39 is 0 Å². The van der Waals surface area contributed by atoms with E-state index in [2.05, 4.69) is 60.7 Å². The van der Waals surface area contributed by atoms with Crippen LogP contribution >= 0.6 is 0 Å². The SMILES string of the molecule is C=C(c1ccccc1)C12CCC(OCOC)C1CC(CCCCCO)=C2c1ccccc1. The van der Waals surface area contributed by atoms with Gasteiger partial charge in [0, 0.05) is 25.0 Å². The molecule has 1 N–H and O–H groups in total. The molecule has 0 aromatic heterocycles. The molecule has 3 heteroatoms. The lowest BCUT2D eigenvalue weighted by Gasteiger charge is -2.37. The van der Waals surface area contributed by atoms with Gasteiger partial charge in [-0.1, -0.05) is 79.2 Å². The van der Waals surface area contributed by atoms with Gasteiger partial charge in [0.05, 0.1) is 6.10 Å². The lowest BCUT2D eigenvalue weighted by atomic mass is 9.66. The zero-order valence-corrected chi connectivity index (χ0v) is 19.3. The van der Waals surface area contributed by atoms with Crippen LogP contribution in [-0.4, -0.2) is 31.7 Å². The fourth-order valence-corrected chi connectivity index (χ4v) is 6.07. The summed E-state index contributed by atoms with van der Waals surface area (Å²) in [6.45, 7) is 5.33. The topological polar surface area (TPSA) is 38.7 Å². The van der Waals surface area contributed by atoms with E-state index in [9.17, 15) is 5.11 Å². The molecule has 32 heavy (non-hydrogen) atoms. The zero-order chi connectivity index (χ0) is 22.4. The van der Waals surface area contributed by atoms with E-state index in [1.165, 1.54) is 22.3 Å². The number of allylic oxidation sites excluding steroid dienone is 3. The summed E-state index contributed by atoms with van der Waals surface area (Å²) in [5, 5.41) is 9.22. The number of ether oxygens (including phenoxy) is 2. The standard InChI is InChI=1S/C29H36O3/c1-22(23-12-6-3-7-13-23)29-18-17-27(32-21-31-2)26(29)20-25(16-10-5-11-19-30)28(29)24-14-8-4-9-15-24/h3-4,6-9,12-15,26-27,30H,1,5,10-11,16-21H2,2H3. The maximum absolute atomic E-state index is 9.22. The highest BCUT2D eigenvalue weighted by atomic mass is 16.7. The molecule has 0 aliphatic heterocycles. The Morgan fingerprint density at radius 1 is 1.03 bits per heavy atom. The van der Waals surface area contributed by atoms with E-state index in [0.29, 0.717) is 12.7 Å². The maximum Gasteiger partial charge on any atom is 0.146 e. The predicted molar refractivity (Wildman–Crippen MR) is 131 cm³/mol. The summed E-state index contributed by atoms with van der Waals surface area (Å²) in [6, 6.07) is 21.6. The van der Waals surface area contributed by atoms with E-state index in [-0.39, 0.29) is 18.1 Å². The quantitative estimate of drug-likeness (QED) is 0.325. The van der Waals surface area contributed by atoms with Gasteiger partial charge in [0.2, 0.25) is 0 Å². The lowest BCUT2D eigenvalue weighted by Crippen LogP contribution is -2.30. The van der Waals surface area contributed by atoms with Gasteiger partial charge in [0.1, 0.15) is 6.79 Å². The van der Waals surface area contributed by atoms with Gasteiger partial charge in [-0.15, -0.1) is 0 Å². The van der Waals surface area contributed by atoms with Gasteiger partial charge in [-0.25, -0.2) is 0 Å². The summed E-state index contributed by atoms with van der Waals surface area (Å²) in [5.74, 6) is 0.369. The second-order valence-corrected chi connectivity index (χ2v) is 9.16. The van der Waals surface area contributed by atoms with Gasteiger partial charge < -0.3 is 14.6 Å². The highest BCUT2D eigenvalue weighted by molar-refractivity contribution is 5.90. The van der Waals surface area contributed by atoms with Crippen LogP contribution in [0.3, 0.4) is 0 Å². The predicted octanol–water partition coefficient (Wildman–Crippen LogP) is 6.50. The average molecular weight is 433 g/mol. The van der Waals surface area contributed by atoms with Crippen LogP contribution in [-0.2, 0) is 9.47 Å². The Balaban J connectivity index is 1.79. The van der Waals surface area contributed by atoms with Crippen molar-refractivity contribution in [3.63, 3.8) is 0 Å². The van der Waals surface area contributed by atoms with Crippen molar-refractivity contribution in [1.82, 2.24) is 0 Å². The smallest absolute Gasteiger partial charge is 0.146 e. The first kappa shape index (κ1) is 23.0. The van der Waals surface area contributed by atoms with Crippen molar-refractivity contribution >= 4 is 11.1 Å². The van der Waals surface area contributed by atoms with Gasteiger partial charge >= 0.3 is 0 Å². The number of hydrogen-bond donors (Lipinski definition) is 1. The molecule has 0 bridgehead atoms. The minimum atomic E-state index is -0.118. The molecule has 0 heterocycles.